The Labute approximate surface area is 129 Å². The van der Waals surface area contributed by atoms with E-state index in [2.05, 4.69) is 15.2 Å². The number of aromatic nitrogens is 3. The van der Waals surface area contributed by atoms with Crippen LogP contribution in [0.3, 0.4) is 0 Å². The van der Waals surface area contributed by atoms with Crippen molar-refractivity contribution in [3.8, 4) is 17.1 Å². The molecule has 5 nitrogen and oxygen atoms in total. The highest BCUT2D eigenvalue weighted by Gasteiger charge is 2.15. The van der Waals surface area contributed by atoms with Gasteiger partial charge < -0.3 is 10.5 Å². The third-order valence-electron chi connectivity index (χ3n) is 3.53. The number of aryl methyl sites for hydroxylation is 1. The Morgan fingerprint density at radius 3 is 2.73 bits per heavy atom. The lowest BCUT2D eigenvalue weighted by atomic mass is 10.1. The zero-order valence-corrected chi connectivity index (χ0v) is 12.6. The average Bonchev–Trinajstić information content (AvgIpc) is 3.04. The summed E-state index contributed by atoms with van der Waals surface area (Å²) in [5.41, 5.74) is 9.33. The highest BCUT2D eigenvalue weighted by Crippen LogP contribution is 2.23. The molecule has 0 saturated heterocycles. The van der Waals surface area contributed by atoms with Crippen LogP contribution in [-0.4, -0.2) is 22.3 Å². The number of H-pyrrole nitrogens is 1. The topological polar surface area (TPSA) is 76.8 Å². The molecule has 0 amide bonds. The standard InChI is InChI=1S/C17H18N4O/c1-11-5-3-7-13(9-11)16-19-17(21-20-16)15(18)12-6-4-8-14(10-12)22-2/h3-10,15H,18H2,1-2H3,(H,19,20,21)/t15-/m0/s1. The molecule has 0 radical (unpaired) electrons. The highest BCUT2D eigenvalue weighted by molar-refractivity contribution is 5.55. The largest absolute Gasteiger partial charge is 0.497 e. The molecule has 0 aliphatic heterocycles. The molecule has 1 heterocycles. The minimum Gasteiger partial charge on any atom is -0.497 e. The number of aromatic amines is 1. The first kappa shape index (κ1) is 14.3. The van der Waals surface area contributed by atoms with E-state index in [0.29, 0.717) is 11.6 Å². The molecule has 112 valence electrons. The van der Waals surface area contributed by atoms with E-state index in [9.17, 15) is 0 Å². The molecule has 0 spiro atoms. The molecule has 3 rings (SSSR count). The fraction of sp³-hybridized carbons (Fsp3) is 0.176. The number of ether oxygens (including phenoxy) is 1. The van der Waals surface area contributed by atoms with Crippen molar-refractivity contribution in [3.05, 3.63) is 65.5 Å². The second-order valence-electron chi connectivity index (χ2n) is 5.17. The lowest BCUT2D eigenvalue weighted by molar-refractivity contribution is 0.414. The number of hydrogen-bond acceptors (Lipinski definition) is 4. The van der Waals surface area contributed by atoms with E-state index < -0.39 is 0 Å². The molecule has 1 atom stereocenters. The van der Waals surface area contributed by atoms with Gasteiger partial charge in [0.25, 0.3) is 0 Å². The first-order chi connectivity index (χ1) is 10.7. The minimum atomic E-state index is -0.374. The van der Waals surface area contributed by atoms with Gasteiger partial charge in [-0.05, 0) is 30.7 Å². The summed E-state index contributed by atoms with van der Waals surface area (Å²) in [4.78, 5) is 4.52. The zero-order valence-electron chi connectivity index (χ0n) is 12.6. The summed E-state index contributed by atoms with van der Waals surface area (Å²) < 4.78 is 5.23. The Morgan fingerprint density at radius 1 is 1.14 bits per heavy atom. The summed E-state index contributed by atoms with van der Waals surface area (Å²) in [6, 6.07) is 15.3. The SMILES string of the molecule is COc1cccc([C@H](N)c2nc(-c3cccc(C)c3)n[nH]2)c1. The molecule has 1 aromatic heterocycles. The molecule has 3 aromatic rings. The Bertz CT molecular complexity index is 782. The van der Waals surface area contributed by atoms with Crippen molar-refractivity contribution in [2.24, 2.45) is 5.73 Å². The van der Waals surface area contributed by atoms with Gasteiger partial charge in [0, 0.05) is 5.56 Å². The van der Waals surface area contributed by atoms with Crippen molar-refractivity contribution in [3.63, 3.8) is 0 Å². The lowest BCUT2D eigenvalue weighted by Crippen LogP contribution is -2.13. The maximum atomic E-state index is 6.27. The summed E-state index contributed by atoms with van der Waals surface area (Å²) in [5.74, 6) is 2.05. The van der Waals surface area contributed by atoms with Crippen molar-refractivity contribution in [1.82, 2.24) is 15.2 Å². The van der Waals surface area contributed by atoms with E-state index in [1.807, 2.05) is 55.5 Å². The summed E-state index contributed by atoms with van der Waals surface area (Å²) in [5, 5.41) is 7.20. The zero-order chi connectivity index (χ0) is 15.5. The maximum absolute atomic E-state index is 6.27. The van der Waals surface area contributed by atoms with Crippen LogP contribution in [0.25, 0.3) is 11.4 Å². The summed E-state index contributed by atoms with van der Waals surface area (Å²) in [7, 11) is 1.63. The molecule has 2 aromatic carbocycles. The van der Waals surface area contributed by atoms with Gasteiger partial charge in [-0.1, -0.05) is 35.9 Å². The molecule has 3 N–H and O–H groups in total. The van der Waals surface area contributed by atoms with E-state index in [1.165, 1.54) is 5.56 Å². The normalized spacial score (nSPS) is 12.1. The van der Waals surface area contributed by atoms with Crippen LogP contribution in [0.4, 0.5) is 0 Å². The van der Waals surface area contributed by atoms with Gasteiger partial charge in [0.1, 0.15) is 11.6 Å². The van der Waals surface area contributed by atoms with Crippen molar-refractivity contribution >= 4 is 0 Å². The number of rotatable bonds is 4. The van der Waals surface area contributed by atoms with Crippen LogP contribution in [-0.2, 0) is 0 Å². The van der Waals surface area contributed by atoms with Gasteiger partial charge >= 0.3 is 0 Å². The number of methoxy groups -OCH3 is 1. The fourth-order valence-corrected chi connectivity index (χ4v) is 2.32. The predicted molar refractivity (Wildman–Crippen MR) is 85.6 cm³/mol. The van der Waals surface area contributed by atoms with Gasteiger partial charge in [0.15, 0.2) is 5.82 Å². The van der Waals surface area contributed by atoms with Gasteiger partial charge in [0.05, 0.1) is 13.2 Å². The first-order valence-electron chi connectivity index (χ1n) is 7.06. The molecule has 0 aliphatic rings. The summed E-state index contributed by atoms with van der Waals surface area (Å²) >= 11 is 0. The van der Waals surface area contributed by atoms with Crippen molar-refractivity contribution in [2.75, 3.05) is 7.11 Å². The molecule has 0 bridgehead atoms. The lowest BCUT2D eigenvalue weighted by Gasteiger charge is -2.09. The summed E-state index contributed by atoms with van der Waals surface area (Å²) in [6.07, 6.45) is 0. The maximum Gasteiger partial charge on any atom is 0.181 e. The van der Waals surface area contributed by atoms with E-state index in [1.54, 1.807) is 7.11 Å². The molecule has 0 saturated carbocycles. The van der Waals surface area contributed by atoms with E-state index in [0.717, 1.165) is 16.9 Å². The van der Waals surface area contributed by atoms with Crippen LogP contribution >= 0.6 is 0 Å². The molecular formula is C17H18N4O. The van der Waals surface area contributed by atoms with Crippen LogP contribution in [0.5, 0.6) is 5.75 Å². The molecular weight excluding hydrogens is 276 g/mol. The molecule has 0 fully saturated rings. The highest BCUT2D eigenvalue weighted by atomic mass is 16.5. The van der Waals surface area contributed by atoms with Crippen LogP contribution < -0.4 is 10.5 Å². The minimum absolute atomic E-state index is 0.374. The van der Waals surface area contributed by atoms with E-state index in [4.69, 9.17) is 10.5 Å². The first-order valence-corrected chi connectivity index (χ1v) is 7.06. The van der Waals surface area contributed by atoms with Crippen LogP contribution in [0.1, 0.15) is 23.0 Å². The van der Waals surface area contributed by atoms with Crippen molar-refractivity contribution < 1.29 is 4.74 Å². The van der Waals surface area contributed by atoms with Crippen molar-refractivity contribution in [1.29, 1.82) is 0 Å². The molecule has 22 heavy (non-hydrogen) atoms. The van der Waals surface area contributed by atoms with Crippen LogP contribution in [0, 0.1) is 6.92 Å². The number of nitrogens with two attached hydrogens (primary N) is 1. The van der Waals surface area contributed by atoms with Gasteiger partial charge in [-0.3, -0.25) is 5.10 Å². The molecule has 5 heteroatoms. The van der Waals surface area contributed by atoms with E-state index >= 15 is 0 Å². The Morgan fingerprint density at radius 2 is 1.95 bits per heavy atom. The second-order valence-corrected chi connectivity index (χ2v) is 5.17. The summed E-state index contributed by atoms with van der Waals surface area (Å²) in [6.45, 7) is 2.04. The van der Waals surface area contributed by atoms with Gasteiger partial charge in [-0.15, -0.1) is 0 Å². The van der Waals surface area contributed by atoms with E-state index in [-0.39, 0.29) is 6.04 Å². The Hall–Kier alpha value is -2.66. The van der Waals surface area contributed by atoms with Gasteiger partial charge in [-0.2, -0.15) is 5.10 Å². The number of hydrogen-bond donors (Lipinski definition) is 2. The monoisotopic (exact) mass is 294 g/mol. The molecule has 0 aliphatic carbocycles. The Balaban J connectivity index is 1.89. The fourth-order valence-electron chi connectivity index (χ4n) is 2.32. The molecule has 0 unspecified atom stereocenters. The predicted octanol–water partition coefficient (Wildman–Crippen LogP) is 2.84. The quantitative estimate of drug-likeness (QED) is 0.775. The average molecular weight is 294 g/mol. The van der Waals surface area contributed by atoms with Crippen molar-refractivity contribution in [2.45, 2.75) is 13.0 Å². The third-order valence-corrected chi connectivity index (χ3v) is 3.53. The third kappa shape index (κ3) is 2.84. The number of benzene rings is 2. The van der Waals surface area contributed by atoms with Crippen LogP contribution in [0.15, 0.2) is 48.5 Å². The second kappa shape index (κ2) is 5.99. The number of nitrogens with zero attached hydrogens (tertiary/aromatic N) is 2. The Kier molecular flexibility index (Phi) is 3.89. The number of nitrogens with one attached hydrogen (secondary N) is 1. The van der Waals surface area contributed by atoms with Crippen LogP contribution in [0.2, 0.25) is 0 Å². The smallest absolute Gasteiger partial charge is 0.181 e. The van der Waals surface area contributed by atoms with Gasteiger partial charge in [0.2, 0.25) is 0 Å². The van der Waals surface area contributed by atoms with Gasteiger partial charge in [-0.25, -0.2) is 4.98 Å².